The summed E-state index contributed by atoms with van der Waals surface area (Å²) in [4.78, 5) is 25.4. The van der Waals surface area contributed by atoms with Crippen LogP contribution in [0.4, 0.5) is 0 Å². The predicted octanol–water partition coefficient (Wildman–Crippen LogP) is 1.76. The lowest BCUT2D eigenvalue weighted by molar-refractivity contribution is 0.0695. The summed E-state index contributed by atoms with van der Waals surface area (Å²) < 4.78 is 0. The molecule has 5 heteroatoms. The third-order valence-electron chi connectivity index (χ3n) is 3.21. The summed E-state index contributed by atoms with van der Waals surface area (Å²) in [6, 6.07) is 8.95. The van der Waals surface area contributed by atoms with Crippen molar-refractivity contribution in [2.24, 2.45) is 5.73 Å². The molecule has 0 aliphatic carbocycles. The van der Waals surface area contributed by atoms with Gasteiger partial charge in [0.25, 0.3) is 5.56 Å². The standard InChI is InChI=1S/C15H16N2O3/c1-2-10-7-12(15(19)20)14(18)17-13(10)11-5-3-9(8-16)4-6-11/h3-7H,2,8,16H2,1H3,(H,17,18)(H,19,20). The van der Waals surface area contributed by atoms with E-state index in [1.807, 2.05) is 31.2 Å². The van der Waals surface area contributed by atoms with Crippen molar-refractivity contribution in [3.05, 3.63) is 57.4 Å². The molecule has 2 aromatic rings. The fourth-order valence-electron chi connectivity index (χ4n) is 2.08. The number of benzene rings is 1. The first-order valence-electron chi connectivity index (χ1n) is 6.35. The highest BCUT2D eigenvalue weighted by Crippen LogP contribution is 2.22. The Balaban J connectivity index is 2.58. The second-order valence-corrected chi connectivity index (χ2v) is 4.47. The molecule has 1 aromatic heterocycles. The van der Waals surface area contributed by atoms with Gasteiger partial charge < -0.3 is 15.8 Å². The summed E-state index contributed by atoms with van der Waals surface area (Å²) in [5.41, 5.74) is 8.02. The molecule has 0 saturated carbocycles. The molecule has 0 radical (unpaired) electrons. The van der Waals surface area contributed by atoms with Crippen molar-refractivity contribution in [1.82, 2.24) is 4.98 Å². The zero-order valence-electron chi connectivity index (χ0n) is 11.1. The smallest absolute Gasteiger partial charge is 0.341 e. The van der Waals surface area contributed by atoms with Gasteiger partial charge in [0.1, 0.15) is 5.56 Å². The fourth-order valence-corrected chi connectivity index (χ4v) is 2.08. The maximum Gasteiger partial charge on any atom is 0.341 e. The number of hydrogen-bond acceptors (Lipinski definition) is 3. The summed E-state index contributed by atoms with van der Waals surface area (Å²) in [6.07, 6.45) is 0.630. The van der Waals surface area contributed by atoms with Crippen LogP contribution in [-0.2, 0) is 13.0 Å². The highest BCUT2D eigenvalue weighted by molar-refractivity contribution is 5.88. The van der Waals surface area contributed by atoms with Crippen molar-refractivity contribution >= 4 is 5.97 Å². The fraction of sp³-hybridized carbons (Fsp3) is 0.200. The van der Waals surface area contributed by atoms with Gasteiger partial charge in [0.2, 0.25) is 0 Å². The molecular weight excluding hydrogens is 256 g/mol. The van der Waals surface area contributed by atoms with Gasteiger partial charge in [-0.3, -0.25) is 4.79 Å². The third kappa shape index (κ3) is 2.62. The number of nitrogens with two attached hydrogens (primary N) is 1. The molecule has 104 valence electrons. The minimum atomic E-state index is -1.22. The summed E-state index contributed by atoms with van der Waals surface area (Å²) in [5, 5.41) is 8.98. The zero-order chi connectivity index (χ0) is 14.7. The third-order valence-corrected chi connectivity index (χ3v) is 3.21. The summed E-state index contributed by atoms with van der Waals surface area (Å²) in [7, 11) is 0. The van der Waals surface area contributed by atoms with Crippen molar-refractivity contribution in [3.63, 3.8) is 0 Å². The number of pyridine rings is 1. The van der Waals surface area contributed by atoms with Gasteiger partial charge >= 0.3 is 5.97 Å². The van der Waals surface area contributed by atoms with Gasteiger partial charge in [0, 0.05) is 6.54 Å². The summed E-state index contributed by atoms with van der Waals surface area (Å²) in [5.74, 6) is -1.22. The van der Waals surface area contributed by atoms with Gasteiger partial charge in [-0.25, -0.2) is 4.79 Å². The van der Waals surface area contributed by atoms with E-state index in [1.54, 1.807) is 0 Å². The Morgan fingerprint density at radius 1 is 1.30 bits per heavy atom. The molecule has 0 atom stereocenters. The average molecular weight is 272 g/mol. The van der Waals surface area contributed by atoms with Crippen LogP contribution in [0, 0.1) is 0 Å². The SMILES string of the molecule is CCc1cc(C(=O)O)c(=O)[nH]c1-c1ccc(CN)cc1. The van der Waals surface area contributed by atoms with E-state index in [2.05, 4.69) is 4.98 Å². The molecule has 0 fully saturated rings. The van der Waals surface area contributed by atoms with Crippen LogP contribution < -0.4 is 11.3 Å². The van der Waals surface area contributed by atoms with E-state index >= 15 is 0 Å². The van der Waals surface area contributed by atoms with Crippen LogP contribution in [0.25, 0.3) is 11.3 Å². The Bertz CT molecular complexity index is 687. The van der Waals surface area contributed by atoms with Gasteiger partial charge in [-0.2, -0.15) is 0 Å². The van der Waals surface area contributed by atoms with E-state index < -0.39 is 11.5 Å². The lowest BCUT2D eigenvalue weighted by atomic mass is 10.0. The number of carboxylic acid groups (broad SMARTS) is 1. The Morgan fingerprint density at radius 3 is 2.45 bits per heavy atom. The van der Waals surface area contributed by atoms with E-state index in [0.717, 1.165) is 16.7 Å². The van der Waals surface area contributed by atoms with Gasteiger partial charge in [0.05, 0.1) is 5.69 Å². The van der Waals surface area contributed by atoms with Crippen molar-refractivity contribution in [3.8, 4) is 11.3 Å². The number of carboxylic acids is 1. The quantitative estimate of drug-likeness (QED) is 0.790. The number of carbonyl (C=O) groups is 1. The van der Waals surface area contributed by atoms with Crippen molar-refractivity contribution in [2.45, 2.75) is 19.9 Å². The molecule has 0 bridgehead atoms. The molecule has 1 heterocycles. The first-order chi connectivity index (χ1) is 9.56. The molecule has 0 aliphatic rings. The van der Waals surface area contributed by atoms with Crippen LogP contribution in [0.3, 0.4) is 0 Å². The van der Waals surface area contributed by atoms with E-state index in [0.29, 0.717) is 18.7 Å². The van der Waals surface area contributed by atoms with Crippen LogP contribution in [0.5, 0.6) is 0 Å². The Morgan fingerprint density at radius 2 is 1.95 bits per heavy atom. The number of aromatic nitrogens is 1. The van der Waals surface area contributed by atoms with E-state index in [9.17, 15) is 9.59 Å². The molecule has 0 unspecified atom stereocenters. The minimum Gasteiger partial charge on any atom is -0.477 e. The number of aryl methyl sites for hydroxylation is 1. The Hall–Kier alpha value is -2.40. The molecule has 0 amide bonds. The zero-order valence-corrected chi connectivity index (χ0v) is 11.1. The van der Waals surface area contributed by atoms with Crippen LogP contribution >= 0.6 is 0 Å². The van der Waals surface area contributed by atoms with Gasteiger partial charge in [0.15, 0.2) is 0 Å². The van der Waals surface area contributed by atoms with Gasteiger partial charge in [-0.05, 0) is 29.2 Å². The Labute approximate surface area is 116 Å². The average Bonchev–Trinajstić information content (AvgIpc) is 2.46. The highest BCUT2D eigenvalue weighted by atomic mass is 16.4. The summed E-state index contributed by atoms with van der Waals surface area (Å²) in [6.45, 7) is 2.37. The van der Waals surface area contributed by atoms with Crippen molar-refractivity contribution in [2.75, 3.05) is 0 Å². The van der Waals surface area contributed by atoms with E-state index in [-0.39, 0.29) is 5.56 Å². The number of aromatic amines is 1. The first-order valence-corrected chi connectivity index (χ1v) is 6.35. The molecular formula is C15H16N2O3. The lowest BCUT2D eigenvalue weighted by Gasteiger charge is -2.09. The van der Waals surface area contributed by atoms with Crippen molar-refractivity contribution in [1.29, 1.82) is 0 Å². The van der Waals surface area contributed by atoms with Gasteiger partial charge in [-0.1, -0.05) is 31.2 Å². The van der Waals surface area contributed by atoms with E-state index in [4.69, 9.17) is 10.8 Å². The maximum absolute atomic E-state index is 11.8. The molecule has 5 nitrogen and oxygen atoms in total. The second kappa shape index (κ2) is 5.71. The topological polar surface area (TPSA) is 96.2 Å². The summed E-state index contributed by atoms with van der Waals surface area (Å²) >= 11 is 0. The monoisotopic (exact) mass is 272 g/mol. The van der Waals surface area contributed by atoms with Crippen LogP contribution in [-0.4, -0.2) is 16.1 Å². The molecule has 1 aromatic carbocycles. The van der Waals surface area contributed by atoms with E-state index in [1.165, 1.54) is 6.07 Å². The minimum absolute atomic E-state index is 0.232. The molecule has 4 N–H and O–H groups in total. The molecule has 20 heavy (non-hydrogen) atoms. The number of aromatic carboxylic acids is 1. The largest absolute Gasteiger partial charge is 0.477 e. The lowest BCUT2D eigenvalue weighted by Crippen LogP contribution is -2.19. The maximum atomic E-state index is 11.8. The van der Waals surface area contributed by atoms with Crippen molar-refractivity contribution < 1.29 is 9.90 Å². The normalized spacial score (nSPS) is 10.5. The number of nitrogens with one attached hydrogen (secondary N) is 1. The molecule has 0 aliphatic heterocycles. The Kier molecular flexibility index (Phi) is 4.00. The number of rotatable bonds is 4. The van der Waals surface area contributed by atoms with Crippen LogP contribution in [0.1, 0.15) is 28.4 Å². The second-order valence-electron chi connectivity index (χ2n) is 4.47. The molecule has 0 spiro atoms. The predicted molar refractivity (Wildman–Crippen MR) is 76.7 cm³/mol. The van der Waals surface area contributed by atoms with Crippen LogP contribution in [0.2, 0.25) is 0 Å². The van der Waals surface area contributed by atoms with Gasteiger partial charge in [-0.15, -0.1) is 0 Å². The first kappa shape index (κ1) is 14.0. The number of H-pyrrole nitrogens is 1. The number of hydrogen-bond donors (Lipinski definition) is 3. The highest BCUT2D eigenvalue weighted by Gasteiger charge is 2.13. The van der Waals surface area contributed by atoms with Crippen LogP contribution in [0.15, 0.2) is 35.1 Å². The molecule has 0 saturated heterocycles. The molecule has 2 rings (SSSR count).